The van der Waals surface area contributed by atoms with Crippen molar-refractivity contribution in [1.29, 1.82) is 0 Å². The van der Waals surface area contributed by atoms with E-state index >= 15 is 0 Å². The minimum absolute atomic E-state index is 0. The van der Waals surface area contributed by atoms with Gasteiger partial charge in [-0.1, -0.05) is 6.08 Å². The van der Waals surface area contributed by atoms with Crippen LogP contribution in [0, 0.1) is 5.92 Å². The Morgan fingerprint density at radius 1 is 1.53 bits per heavy atom. The van der Waals surface area contributed by atoms with Crippen LogP contribution in [0.4, 0.5) is 3.89 Å². The molecule has 86 valence electrons. The number of hydrogen-bond donors (Lipinski definition) is 0. The average molecular weight is 237 g/mol. The number of hydrogen-bond acceptors (Lipinski definition) is 3. The molecule has 7 heteroatoms. The van der Waals surface area contributed by atoms with Crippen molar-refractivity contribution in [2.75, 3.05) is 7.05 Å². The minimum Gasteiger partial charge on any atom is -0.412 e. The van der Waals surface area contributed by atoms with E-state index in [2.05, 4.69) is 0 Å². The van der Waals surface area contributed by atoms with Gasteiger partial charge in [-0.15, -0.1) is 3.89 Å². The first-order chi connectivity index (χ1) is 6.41. The summed E-state index contributed by atoms with van der Waals surface area (Å²) in [4.78, 5) is 12.6. The molecule has 0 bridgehead atoms. The fourth-order valence-corrected chi connectivity index (χ4v) is 3.12. The molecule has 1 aliphatic carbocycles. The van der Waals surface area contributed by atoms with Gasteiger partial charge in [0.15, 0.2) is 0 Å². The summed E-state index contributed by atoms with van der Waals surface area (Å²) < 4.78 is 34.0. The highest BCUT2D eigenvalue weighted by Crippen LogP contribution is 2.40. The minimum atomic E-state index is -4.47. The molecule has 1 amide bonds. The molecule has 1 fully saturated rings. The van der Waals surface area contributed by atoms with Crippen LogP contribution in [0.15, 0.2) is 12.2 Å². The third kappa shape index (κ3) is 1.76. The lowest BCUT2D eigenvalue weighted by molar-refractivity contribution is -0.130. The van der Waals surface area contributed by atoms with E-state index in [1.807, 2.05) is 0 Å². The molecule has 0 spiro atoms. The van der Waals surface area contributed by atoms with Crippen molar-refractivity contribution >= 4 is 16.1 Å². The summed E-state index contributed by atoms with van der Waals surface area (Å²) in [7, 11) is -2.86. The summed E-state index contributed by atoms with van der Waals surface area (Å²) in [6, 6.07) is -0.150. The molecule has 0 radical (unpaired) electrons. The Labute approximate surface area is 87.1 Å². The molecule has 2 rings (SSSR count). The third-order valence-corrected chi connectivity index (χ3v) is 4.25. The first-order valence-corrected chi connectivity index (χ1v) is 5.74. The van der Waals surface area contributed by atoms with Gasteiger partial charge in [0.1, 0.15) is 5.25 Å². The molecule has 1 saturated carbocycles. The van der Waals surface area contributed by atoms with Crippen LogP contribution in [-0.2, 0) is 15.0 Å². The van der Waals surface area contributed by atoms with Crippen molar-refractivity contribution in [2.45, 2.75) is 17.7 Å². The number of nitrogens with zero attached hydrogens (tertiary/aromatic N) is 1. The normalized spacial score (nSPS) is 34.1. The second-order valence-corrected chi connectivity index (χ2v) is 5.26. The zero-order chi connectivity index (χ0) is 10.5. The van der Waals surface area contributed by atoms with Crippen molar-refractivity contribution in [1.82, 2.24) is 4.90 Å². The van der Waals surface area contributed by atoms with E-state index < -0.39 is 15.5 Å². The number of carbonyl (C=O) groups is 1. The molecule has 2 N–H and O–H groups in total. The molecule has 0 saturated heterocycles. The number of halogens is 1. The second kappa shape index (κ2) is 3.57. The van der Waals surface area contributed by atoms with E-state index in [0.717, 1.165) is 0 Å². The summed E-state index contributed by atoms with van der Waals surface area (Å²) in [6.07, 6.45) is 3.01. The second-order valence-electron chi connectivity index (χ2n) is 3.70. The first-order valence-electron chi connectivity index (χ1n) is 4.29. The molecule has 0 unspecified atom stereocenters. The van der Waals surface area contributed by atoms with E-state index in [0.29, 0.717) is 0 Å². The van der Waals surface area contributed by atoms with E-state index in [4.69, 9.17) is 0 Å². The Hall–Kier alpha value is -0.950. The number of carbonyl (C=O) groups excluding carboxylic acids is 1. The molecule has 0 aromatic heterocycles. The summed E-state index contributed by atoms with van der Waals surface area (Å²) in [5, 5.41) is -0.959. The van der Waals surface area contributed by atoms with Crippen LogP contribution in [0.25, 0.3) is 0 Å². The molecular formula is C8H12FNO4S. The van der Waals surface area contributed by atoms with Crippen LogP contribution in [0.2, 0.25) is 0 Å². The lowest BCUT2D eigenvalue weighted by atomic mass is 9.76. The molecular weight excluding hydrogens is 225 g/mol. The van der Waals surface area contributed by atoms with Gasteiger partial charge in [-0.3, -0.25) is 4.79 Å². The van der Waals surface area contributed by atoms with Gasteiger partial charge in [0.2, 0.25) is 5.91 Å². The van der Waals surface area contributed by atoms with Crippen molar-refractivity contribution in [3.8, 4) is 0 Å². The van der Waals surface area contributed by atoms with Crippen molar-refractivity contribution in [3.05, 3.63) is 12.2 Å². The molecule has 15 heavy (non-hydrogen) atoms. The highest BCUT2D eigenvalue weighted by Gasteiger charge is 2.51. The van der Waals surface area contributed by atoms with Gasteiger partial charge < -0.3 is 10.4 Å². The summed E-state index contributed by atoms with van der Waals surface area (Å²) in [5.74, 6) is -0.520. The maximum atomic E-state index is 12.7. The zero-order valence-corrected chi connectivity index (χ0v) is 8.87. The molecule has 1 heterocycles. The lowest BCUT2D eigenvalue weighted by Crippen LogP contribution is -2.58. The first kappa shape index (κ1) is 12.1. The Morgan fingerprint density at radius 2 is 2.13 bits per heavy atom. The molecule has 2 aliphatic rings. The van der Waals surface area contributed by atoms with Crippen LogP contribution >= 0.6 is 0 Å². The predicted molar refractivity (Wildman–Crippen MR) is 51.2 cm³/mol. The lowest BCUT2D eigenvalue weighted by Gasteiger charge is -2.47. The van der Waals surface area contributed by atoms with Crippen molar-refractivity contribution in [2.24, 2.45) is 5.92 Å². The van der Waals surface area contributed by atoms with Crippen LogP contribution in [0.3, 0.4) is 0 Å². The molecule has 0 aromatic carbocycles. The number of fused-ring (bicyclic) bond motifs is 1. The fourth-order valence-electron chi connectivity index (χ4n) is 2.05. The van der Waals surface area contributed by atoms with Crippen LogP contribution < -0.4 is 0 Å². The Kier molecular flexibility index (Phi) is 2.88. The highest BCUT2D eigenvalue weighted by atomic mass is 32.3. The smallest absolute Gasteiger partial charge is 0.306 e. The monoisotopic (exact) mass is 237 g/mol. The SMILES string of the molecule is CN1C(=O)C=C[C@@H]2[C@H]1C[C@H]2S(=O)(=O)F.O. The standard InChI is InChI=1S/C8H10FNO3S.H2O/c1-10-6-4-7(14(9,12)13)5(6)2-3-8(10)11;/h2-3,5-7H,4H2,1H3;1H2/t5-,6-,7-;/m1./s1. The topological polar surface area (TPSA) is 86.0 Å². The third-order valence-electron chi connectivity index (χ3n) is 3.02. The largest absolute Gasteiger partial charge is 0.412 e. The predicted octanol–water partition coefficient (Wildman–Crippen LogP) is -0.754. The highest BCUT2D eigenvalue weighted by molar-refractivity contribution is 7.87. The number of amides is 1. The zero-order valence-electron chi connectivity index (χ0n) is 8.05. The van der Waals surface area contributed by atoms with Gasteiger partial charge in [0.05, 0.1) is 0 Å². The Balaban J connectivity index is 0.00000112. The maximum absolute atomic E-state index is 12.7. The molecule has 3 atom stereocenters. The molecule has 1 aliphatic heterocycles. The van der Waals surface area contributed by atoms with Gasteiger partial charge in [-0.2, -0.15) is 8.42 Å². The number of likely N-dealkylation sites (N-methyl/N-ethyl adjacent to an activating group) is 1. The van der Waals surface area contributed by atoms with Crippen LogP contribution in [0.1, 0.15) is 6.42 Å². The quantitative estimate of drug-likeness (QED) is 0.562. The van der Waals surface area contributed by atoms with E-state index in [9.17, 15) is 17.1 Å². The average Bonchev–Trinajstić information content (AvgIpc) is 1.97. The Morgan fingerprint density at radius 3 is 2.67 bits per heavy atom. The number of rotatable bonds is 1. The van der Waals surface area contributed by atoms with Gasteiger partial charge in [0.25, 0.3) is 0 Å². The van der Waals surface area contributed by atoms with Gasteiger partial charge in [-0.05, 0) is 12.5 Å². The van der Waals surface area contributed by atoms with E-state index in [-0.39, 0.29) is 29.8 Å². The van der Waals surface area contributed by atoms with Crippen molar-refractivity contribution in [3.63, 3.8) is 0 Å². The Bertz CT molecular complexity index is 405. The molecule has 5 nitrogen and oxygen atoms in total. The summed E-state index contributed by atoms with van der Waals surface area (Å²) in [6.45, 7) is 0. The van der Waals surface area contributed by atoms with Gasteiger partial charge in [-0.25, -0.2) is 0 Å². The van der Waals surface area contributed by atoms with E-state index in [1.54, 1.807) is 7.05 Å². The van der Waals surface area contributed by atoms with Crippen LogP contribution in [-0.4, -0.2) is 43.0 Å². The summed E-state index contributed by atoms with van der Waals surface area (Å²) >= 11 is 0. The van der Waals surface area contributed by atoms with Crippen molar-refractivity contribution < 1.29 is 22.6 Å². The van der Waals surface area contributed by atoms with Gasteiger partial charge >= 0.3 is 10.2 Å². The van der Waals surface area contributed by atoms with Gasteiger partial charge in [0, 0.05) is 19.0 Å². The fraction of sp³-hybridized carbons (Fsp3) is 0.625. The maximum Gasteiger partial charge on any atom is 0.306 e. The summed E-state index contributed by atoms with van der Waals surface area (Å²) in [5.41, 5.74) is 0. The molecule has 0 aromatic rings. The van der Waals surface area contributed by atoms with Crippen LogP contribution in [0.5, 0.6) is 0 Å². The van der Waals surface area contributed by atoms with E-state index in [1.165, 1.54) is 17.1 Å².